The minimum absolute atomic E-state index is 0.0606. The number of hydrogen-bond donors (Lipinski definition) is 1. The van der Waals surface area contributed by atoms with Crippen LogP contribution in [0.3, 0.4) is 0 Å². The molecule has 0 fully saturated rings. The zero-order valence-electron chi connectivity index (χ0n) is 14.4. The fourth-order valence-electron chi connectivity index (χ4n) is 2.29. The summed E-state index contributed by atoms with van der Waals surface area (Å²) in [5.74, 6) is 0.860. The highest BCUT2D eigenvalue weighted by atomic mass is 16.2. The van der Waals surface area contributed by atoms with Gasteiger partial charge in [-0.1, -0.05) is 41.5 Å². The molecule has 0 aliphatic heterocycles. The van der Waals surface area contributed by atoms with Gasteiger partial charge in [0.1, 0.15) is 0 Å². The van der Waals surface area contributed by atoms with Crippen LogP contribution in [-0.2, 0) is 4.79 Å². The van der Waals surface area contributed by atoms with E-state index in [2.05, 4.69) is 44.8 Å². The molecule has 120 valence electrons. The Morgan fingerprint density at radius 3 is 2.10 bits per heavy atom. The summed E-state index contributed by atoms with van der Waals surface area (Å²) in [6.45, 7) is 19.2. The van der Waals surface area contributed by atoms with Crippen LogP contribution in [0.4, 0.5) is 0 Å². The van der Waals surface area contributed by atoms with E-state index < -0.39 is 0 Å². The summed E-state index contributed by atoms with van der Waals surface area (Å²) in [4.78, 5) is 17.0. The number of amides is 1. The minimum Gasteiger partial charge on any atom is -0.341 e. The first-order valence-corrected chi connectivity index (χ1v) is 8.17. The molecule has 0 aromatic rings. The third kappa shape index (κ3) is 7.85. The Labute approximate surface area is 125 Å². The summed E-state index contributed by atoms with van der Waals surface area (Å²) in [7, 11) is 0. The van der Waals surface area contributed by atoms with E-state index in [0.717, 1.165) is 45.8 Å². The number of carbonyl (C=O) groups excluding carboxylic acids is 1. The molecule has 1 N–H and O–H groups in total. The monoisotopic (exact) mass is 285 g/mol. The second-order valence-electron chi connectivity index (χ2n) is 5.91. The van der Waals surface area contributed by atoms with Crippen LogP contribution < -0.4 is 5.32 Å². The van der Waals surface area contributed by atoms with Crippen LogP contribution in [0.15, 0.2) is 0 Å². The van der Waals surface area contributed by atoms with Crippen molar-refractivity contribution in [2.75, 3.05) is 45.8 Å². The lowest BCUT2D eigenvalue weighted by Crippen LogP contribution is -2.44. The molecule has 0 saturated carbocycles. The van der Waals surface area contributed by atoms with Crippen molar-refractivity contribution in [2.24, 2.45) is 11.8 Å². The molecule has 0 heterocycles. The first-order valence-electron chi connectivity index (χ1n) is 8.17. The molecule has 0 spiro atoms. The molecule has 20 heavy (non-hydrogen) atoms. The molecule has 0 saturated heterocycles. The second kappa shape index (κ2) is 11.1. The van der Waals surface area contributed by atoms with E-state index in [4.69, 9.17) is 0 Å². The van der Waals surface area contributed by atoms with Crippen molar-refractivity contribution in [1.82, 2.24) is 15.1 Å². The van der Waals surface area contributed by atoms with Gasteiger partial charge in [-0.2, -0.15) is 0 Å². The Bertz CT molecular complexity index is 252. The molecular weight excluding hydrogens is 250 g/mol. The molecule has 0 aromatic carbocycles. The largest absolute Gasteiger partial charge is 0.341 e. The van der Waals surface area contributed by atoms with Crippen LogP contribution in [0.2, 0.25) is 0 Å². The zero-order valence-corrected chi connectivity index (χ0v) is 14.4. The normalized spacial score (nSPS) is 13.0. The highest BCUT2D eigenvalue weighted by Crippen LogP contribution is 2.06. The first kappa shape index (κ1) is 19.4. The van der Waals surface area contributed by atoms with Gasteiger partial charge in [-0.25, -0.2) is 0 Å². The van der Waals surface area contributed by atoms with Crippen LogP contribution in [0, 0.1) is 11.8 Å². The summed E-state index contributed by atoms with van der Waals surface area (Å²) in [5, 5.41) is 3.27. The van der Waals surface area contributed by atoms with Gasteiger partial charge in [-0.15, -0.1) is 0 Å². The van der Waals surface area contributed by atoms with E-state index in [1.54, 1.807) is 0 Å². The molecule has 1 atom stereocenters. The van der Waals surface area contributed by atoms with Crippen molar-refractivity contribution in [2.45, 2.75) is 41.5 Å². The highest BCUT2D eigenvalue weighted by molar-refractivity contribution is 5.78. The van der Waals surface area contributed by atoms with Crippen molar-refractivity contribution in [3.8, 4) is 0 Å². The average molecular weight is 285 g/mol. The molecule has 0 radical (unpaired) electrons. The van der Waals surface area contributed by atoms with E-state index in [1.165, 1.54) is 0 Å². The summed E-state index contributed by atoms with van der Waals surface area (Å²) < 4.78 is 0. The van der Waals surface area contributed by atoms with Crippen molar-refractivity contribution in [3.63, 3.8) is 0 Å². The van der Waals surface area contributed by atoms with E-state index in [-0.39, 0.29) is 11.8 Å². The Balaban J connectivity index is 4.49. The minimum atomic E-state index is 0.0606. The summed E-state index contributed by atoms with van der Waals surface area (Å²) >= 11 is 0. The summed E-state index contributed by atoms with van der Waals surface area (Å²) in [6, 6.07) is 0. The van der Waals surface area contributed by atoms with Gasteiger partial charge in [0.05, 0.1) is 0 Å². The van der Waals surface area contributed by atoms with Gasteiger partial charge in [0.2, 0.25) is 5.91 Å². The van der Waals surface area contributed by atoms with E-state index in [1.807, 2.05) is 11.8 Å². The number of carbonyl (C=O) groups is 1. The number of rotatable bonds is 11. The van der Waals surface area contributed by atoms with Gasteiger partial charge in [0.15, 0.2) is 0 Å². The Kier molecular flexibility index (Phi) is 10.8. The summed E-state index contributed by atoms with van der Waals surface area (Å²) in [5.41, 5.74) is 0. The number of likely N-dealkylation sites (N-methyl/N-ethyl adjacent to an activating group) is 1. The number of hydrogen-bond acceptors (Lipinski definition) is 3. The molecule has 1 unspecified atom stereocenters. The van der Waals surface area contributed by atoms with Crippen molar-refractivity contribution in [1.29, 1.82) is 0 Å². The van der Waals surface area contributed by atoms with Gasteiger partial charge in [0.25, 0.3) is 0 Å². The molecule has 0 rings (SSSR count). The van der Waals surface area contributed by atoms with Crippen LogP contribution in [0.25, 0.3) is 0 Å². The van der Waals surface area contributed by atoms with E-state index >= 15 is 0 Å². The summed E-state index contributed by atoms with van der Waals surface area (Å²) in [6.07, 6.45) is 0. The molecule has 0 aromatic heterocycles. The number of nitrogens with one attached hydrogen (secondary N) is 1. The predicted octanol–water partition coefficient (Wildman–Crippen LogP) is 2.06. The molecule has 4 heteroatoms. The molecular formula is C16H35N3O. The second-order valence-corrected chi connectivity index (χ2v) is 5.91. The van der Waals surface area contributed by atoms with Gasteiger partial charge in [-0.05, 0) is 25.6 Å². The van der Waals surface area contributed by atoms with Crippen molar-refractivity contribution < 1.29 is 4.79 Å². The fraction of sp³-hybridized carbons (Fsp3) is 0.938. The topological polar surface area (TPSA) is 35.6 Å². The highest BCUT2D eigenvalue weighted by Gasteiger charge is 2.21. The molecule has 0 aliphatic carbocycles. The maximum Gasteiger partial charge on any atom is 0.226 e. The SMILES string of the molecule is CCNCC(C)C(=O)N(CCN(CC)CC)CC(C)C. The van der Waals surface area contributed by atoms with Gasteiger partial charge < -0.3 is 15.1 Å². The van der Waals surface area contributed by atoms with Crippen LogP contribution in [0.5, 0.6) is 0 Å². The lowest BCUT2D eigenvalue weighted by Gasteiger charge is -2.30. The van der Waals surface area contributed by atoms with Gasteiger partial charge in [0, 0.05) is 32.1 Å². The predicted molar refractivity (Wildman–Crippen MR) is 86.9 cm³/mol. The van der Waals surface area contributed by atoms with Crippen LogP contribution in [0.1, 0.15) is 41.5 Å². The third-order valence-electron chi connectivity index (χ3n) is 3.60. The van der Waals surface area contributed by atoms with E-state index in [9.17, 15) is 4.79 Å². The number of nitrogens with zero attached hydrogens (tertiary/aromatic N) is 2. The third-order valence-corrected chi connectivity index (χ3v) is 3.60. The smallest absolute Gasteiger partial charge is 0.226 e. The quantitative estimate of drug-likeness (QED) is 0.631. The first-order chi connectivity index (χ1) is 9.46. The average Bonchev–Trinajstić information content (AvgIpc) is 2.43. The van der Waals surface area contributed by atoms with Crippen molar-refractivity contribution in [3.05, 3.63) is 0 Å². The lowest BCUT2D eigenvalue weighted by atomic mass is 10.1. The lowest BCUT2D eigenvalue weighted by molar-refractivity contribution is -0.135. The van der Waals surface area contributed by atoms with Crippen LogP contribution in [-0.4, -0.2) is 61.5 Å². The standard InChI is InChI=1S/C16H35N3O/c1-7-17-12-15(6)16(20)19(13-14(4)5)11-10-18(8-2)9-3/h14-15,17H,7-13H2,1-6H3. The van der Waals surface area contributed by atoms with Gasteiger partial charge in [-0.3, -0.25) is 4.79 Å². The Hall–Kier alpha value is -0.610. The Morgan fingerprint density at radius 1 is 1.05 bits per heavy atom. The fourth-order valence-corrected chi connectivity index (χ4v) is 2.29. The maximum atomic E-state index is 12.5. The van der Waals surface area contributed by atoms with E-state index in [0.29, 0.717) is 5.92 Å². The zero-order chi connectivity index (χ0) is 15.5. The Morgan fingerprint density at radius 2 is 1.65 bits per heavy atom. The molecule has 1 amide bonds. The molecule has 0 bridgehead atoms. The van der Waals surface area contributed by atoms with Crippen LogP contribution >= 0.6 is 0 Å². The molecule has 4 nitrogen and oxygen atoms in total. The maximum absolute atomic E-state index is 12.5. The van der Waals surface area contributed by atoms with Gasteiger partial charge >= 0.3 is 0 Å². The molecule has 0 aliphatic rings. The van der Waals surface area contributed by atoms with Crippen molar-refractivity contribution >= 4 is 5.91 Å².